The highest BCUT2D eigenvalue weighted by atomic mass is 16.4. The summed E-state index contributed by atoms with van der Waals surface area (Å²) in [7, 11) is 0. The maximum atomic E-state index is 13.5. The van der Waals surface area contributed by atoms with Gasteiger partial charge in [-0.3, -0.25) is 9.80 Å². The SMILES string of the molecule is Cc1nnc(-c2cccc(N3C=CC(N(C(=O)c4cccc(O)c4)C4CCNCC4)N3)c2)o1. The Morgan fingerprint density at radius 2 is 1.97 bits per heavy atom. The lowest BCUT2D eigenvalue weighted by Crippen LogP contribution is -2.56. The maximum Gasteiger partial charge on any atom is 0.255 e. The molecule has 0 aliphatic carbocycles. The highest BCUT2D eigenvalue weighted by molar-refractivity contribution is 5.95. The number of nitrogens with zero attached hydrogens (tertiary/aromatic N) is 4. The van der Waals surface area contributed by atoms with Crippen LogP contribution in [0.1, 0.15) is 29.1 Å². The van der Waals surface area contributed by atoms with Crippen LogP contribution in [-0.4, -0.2) is 51.4 Å². The number of piperidine rings is 1. The number of benzene rings is 2. The Kier molecular flexibility index (Phi) is 5.80. The monoisotopic (exact) mass is 446 g/mol. The lowest BCUT2D eigenvalue weighted by Gasteiger charge is -2.39. The van der Waals surface area contributed by atoms with Crippen LogP contribution in [0.25, 0.3) is 11.5 Å². The normalized spacial score (nSPS) is 18.6. The number of carbonyl (C=O) groups excluding carboxylic acids is 1. The lowest BCUT2D eigenvalue weighted by molar-refractivity contribution is 0.0547. The Balaban J connectivity index is 1.39. The fourth-order valence-corrected chi connectivity index (χ4v) is 4.31. The standard InChI is InChI=1S/C24H26N6O3/c1-16-26-27-23(33-16)17-4-2-6-20(14-17)29-13-10-22(28-29)30(19-8-11-25-12-9-19)24(32)18-5-3-7-21(31)15-18/h2-7,10,13-15,19,22,25,28,31H,8-9,11-12H2,1H3. The molecule has 1 unspecified atom stereocenters. The summed E-state index contributed by atoms with van der Waals surface area (Å²) in [5.74, 6) is 0.940. The first-order valence-corrected chi connectivity index (χ1v) is 11.1. The Morgan fingerprint density at radius 1 is 1.15 bits per heavy atom. The molecule has 1 amide bonds. The van der Waals surface area contributed by atoms with Crippen LogP contribution in [-0.2, 0) is 0 Å². The van der Waals surface area contributed by atoms with Crippen LogP contribution in [0.4, 0.5) is 5.69 Å². The molecule has 0 spiro atoms. The molecule has 1 saturated heterocycles. The number of nitrogens with one attached hydrogen (secondary N) is 2. The summed E-state index contributed by atoms with van der Waals surface area (Å²) in [5, 5.41) is 23.1. The largest absolute Gasteiger partial charge is 0.508 e. The van der Waals surface area contributed by atoms with Gasteiger partial charge in [0.1, 0.15) is 11.9 Å². The highest BCUT2D eigenvalue weighted by Crippen LogP contribution is 2.27. The van der Waals surface area contributed by atoms with Gasteiger partial charge >= 0.3 is 0 Å². The average molecular weight is 447 g/mol. The van der Waals surface area contributed by atoms with Crippen LogP contribution in [0, 0.1) is 6.92 Å². The molecule has 3 N–H and O–H groups in total. The van der Waals surface area contributed by atoms with Crippen molar-refractivity contribution in [2.24, 2.45) is 0 Å². The average Bonchev–Trinajstić information content (AvgIpc) is 3.50. The topological polar surface area (TPSA) is 107 Å². The maximum absolute atomic E-state index is 13.5. The van der Waals surface area contributed by atoms with Crippen molar-refractivity contribution >= 4 is 11.6 Å². The number of amides is 1. The molecule has 9 nitrogen and oxygen atoms in total. The smallest absolute Gasteiger partial charge is 0.255 e. The third-order valence-electron chi connectivity index (χ3n) is 5.92. The van der Waals surface area contributed by atoms with Crippen LogP contribution in [0.2, 0.25) is 0 Å². The van der Waals surface area contributed by atoms with Crippen molar-refractivity contribution < 1.29 is 14.3 Å². The number of hydrogen-bond acceptors (Lipinski definition) is 8. The zero-order valence-corrected chi connectivity index (χ0v) is 18.3. The molecule has 5 rings (SSSR count). The van der Waals surface area contributed by atoms with Crippen LogP contribution < -0.4 is 15.8 Å². The first kappa shape index (κ1) is 21.2. The number of aryl methyl sites for hydroxylation is 1. The summed E-state index contributed by atoms with van der Waals surface area (Å²) in [4.78, 5) is 15.4. The van der Waals surface area contributed by atoms with Gasteiger partial charge < -0.3 is 19.7 Å². The fourth-order valence-electron chi connectivity index (χ4n) is 4.31. The molecule has 2 aliphatic heterocycles. The van der Waals surface area contributed by atoms with E-state index in [0.29, 0.717) is 17.3 Å². The first-order chi connectivity index (χ1) is 16.1. The minimum atomic E-state index is -0.322. The van der Waals surface area contributed by atoms with Gasteiger partial charge in [0.15, 0.2) is 0 Å². The van der Waals surface area contributed by atoms with Gasteiger partial charge in [-0.1, -0.05) is 12.1 Å². The summed E-state index contributed by atoms with van der Waals surface area (Å²) >= 11 is 0. The van der Waals surface area contributed by atoms with Gasteiger partial charge in [-0.05, 0) is 68.4 Å². The molecule has 2 aromatic carbocycles. The summed E-state index contributed by atoms with van der Waals surface area (Å²) in [5.41, 5.74) is 5.60. The molecule has 3 aromatic rings. The van der Waals surface area contributed by atoms with E-state index in [-0.39, 0.29) is 23.9 Å². The number of phenolic OH excluding ortho intramolecular Hbond substituents is 1. The van der Waals surface area contributed by atoms with E-state index < -0.39 is 0 Å². The Labute approximate surface area is 191 Å². The molecule has 33 heavy (non-hydrogen) atoms. The van der Waals surface area contributed by atoms with E-state index in [1.807, 2.05) is 46.5 Å². The number of hydrazine groups is 1. The molecule has 1 fully saturated rings. The number of anilines is 1. The fraction of sp³-hybridized carbons (Fsp3) is 0.292. The molecule has 2 aliphatic rings. The Hall–Kier alpha value is -3.69. The van der Waals surface area contributed by atoms with Crippen LogP contribution >= 0.6 is 0 Å². The van der Waals surface area contributed by atoms with Crippen molar-refractivity contribution in [2.75, 3.05) is 18.1 Å². The van der Waals surface area contributed by atoms with Crippen LogP contribution in [0.15, 0.2) is 65.2 Å². The van der Waals surface area contributed by atoms with Crippen molar-refractivity contribution in [2.45, 2.75) is 32.0 Å². The van der Waals surface area contributed by atoms with Gasteiger partial charge in [-0.15, -0.1) is 10.2 Å². The van der Waals surface area contributed by atoms with E-state index >= 15 is 0 Å². The summed E-state index contributed by atoms with van der Waals surface area (Å²) in [6, 6.07) is 14.4. The molecule has 0 radical (unpaired) electrons. The number of phenols is 1. The van der Waals surface area contributed by atoms with Crippen LogP contribution in [0.5, 0.6) is 5.75 Å². The predicted molar refractivity (Wildman–Crippen MR) is 123 cm³/mol. The first-order valence-electron chi connectivity index (χ1n) is 11.1. The molecule has 0 bridgehead atoms. The van der Waals surface area contributed by atoms with Gasteiger partial charge in [-0.25, -0.2) is 5.43 Å². The molecule has 170 valence electrons. The zero-order valence-electron chi connectivity index (χ0n) is 18.3. The van der Waals surface area contributed by atoms with Crippen molar-refractivity contribution in [1.29, 1.82) is 0 Å². The molecule has 0 saturated carbocycles. The molecule has 1 atom stereocenters. The second-order valence-corrected chi connectivity index (χ2v) is 8.21. The summed E-state index contributed by atoms with van der Waals surface area (Å²) in [6.45, 7) is 3.48. The van der Waals surface area contributed by atoms with Crippen molar-refractivity contribution in [1.82, 2.24) is 25.8 Å². The van der Waals surface area contributed by atoms with Gasteiger partial charge in [-0.2, -0.15) is 0 Å². The zero-order chi connectivity index (χ0) is 22.8. The molecular formula is C24H26N6O3. The second kappa shape index (κ2) is 9.05. The van der Waals surface area contributed by atoms with Gasteiger partial charge in [0, 0.05) is 30.3 Å². The summed E-state index contributed by atoms with van der Waals surface area (Å²) in [6.07, 6.45) is 5.31. The Morgan fingerprint density at radius 3 is 2.73 bits per heavy atom. The third kappa shape index (κ3) is 4.46. The number of aromatic nitrogens is 2. The molecular weight excluding hydrogens is 420 g/mol. The van der Waals surface area contributed by atoms with Gasteiger partial charge in [0.05, 0.1) is 5.69 Å². The van der Waals surface area contributed by atoms with E-state index in [0.717, 1.165) is 37.2 Å². The third-order valence-corrected chi connectivity index (χ3v) is 5.92. The van der Waals surface area contributed by atoms with Crippen molar-refractivity contribution in [3.63, 3.8) is 0 Å². The van der Waals surface area contributed by atoms with Crippen molar-refractivity contribution in [3.05, 3.63) is 72.3 Å². The number of hydrogen-bond donors (Lipinski definition) is 3. The van der Waals surface area contributed by atoms with E-state index in [1.54, 1.807) is 25.1 Å². The molecule has 1 aromatic heterocycles. The summed E-state index contributed by atoms with van der Waals surface area (Å²) < 4.78 is 5.56. The lowest BCUT2D eigenvalue weighted by atomic mass is 10.0. The minimum Gasteiger partial charge on any atom is -0.508 e. The number of carbonyl (C=O) groups is 1. The predicted octanol–water partition coefficient (Wildman–Crippen LogP) is 2.81. The Bertz CT molecular complexity index is 1170. The van der Waals surface area contributed by atoms with E-state index in [4.69, 9.17) is 4.42 Å². The molecule has 3 heterocycles. The van der Waals surface area contributed by atoms with Gasteiger partial charge in [0.2, 0.25) is 11.8 Å². The van der Waals surface area contributed by atoms with Crippen molar-refractivity contribution in [3.8, 4) is 17.2 Å². The van der Waals surface area contributed by atoms with Gasteiger partial charge in [0.25, 0.3) is 5.91 Å². The van der Waals surface area contributed by atoms with Crippen LogP contribution in [0.3, 0.4) is 0 Å². The van der Waals surface area contributed by atoms with E-state index in [9.17, 15) is 9.90 Å². The molecule has 9 heteroatoms. The number of rotatable bonds is 5. The highest BCUT2D eigenvalue weighted by Gasteiger charge is 2.34. The number of aromatic hydroxyl groups is 1. The second-order valence-electron chi connectivity index (χ2n) is 8.21. The van der Waals surface area contributed by atoms with E-state index in [1.165, 1.54) is 6.07 Å². The quantitative estimate of drug-likeness (QED) is 0.549. The van der Waals surface area contributed by atoms with E-state index in [2.05, 4.69) is 20.9 Å². The minimum absolute atomic E-state index is 0.0794.